The molecule has 262 valence electrons. The molecule has 0 saturated carbocycles. The van der Waals surface area contributed by atoms with E-state index in [0.717, 1.165) is 17.1 Å². The molecule has 2 aliphatic heterocycles. The average molecular weight is 677 g/mol. The number of amides is 5. The van der Waals surface area contributed by atoms with Gasteiger partial charge in [-0.1, -0.05) is 19.9 Å². The SMILES string of the molecule is CC(=O)OCc1ccc(NC(=O)[C@H](C)NC(=O)[C@@H](NC(=O)CN2C(=O)C=CC2=O)C(C)C)cc1CC[C@@H]1O[C@H](C(=O)O)[C@@H](O)[C@H](O)[C@H]1O. The van der Waals surface area contributed by atoms with Gasteiger partial charge in [-0.2, -0.15) is 0 Å². The van der Waals surface area contributed by atoms with E-state index in [9.17, 15) is 54.0 Å². The van der Waals surface area contributed by atoms with Gasteiger partial charge < -0.3 is 45.9 Å². The largest absolute Gasteiger partial charge is 0.479 e. The number of hydrogen-bond donors (Lipinski definition) is 7. The number of carboxylic acids is 1. The molecule has 0 unspecified atom stereocenters. The number of nitrogens with zero attached hydrogens (tertiary/aromatic N) is 1. The van der Waals surface area contributed by atoms with Crippen LogP contribution in [0.1, 0.15) is 45.2 Å². The molecular weight excluding hydrogens is 636 g/mol. The van der Waals surface area contributed by atoms with Crippen molar-refractivity contribution in [2.75, 3.05) is 11.9 Å². The number of carboxylic acid groups (broad SMARTS) is 1. The molecular formula is C31H40N4O13. The Hall–Kier alpha value is -4.71. The summed E-state index contributed by atoms with van der Waals surface area (Å²) in [4.78, 5) is 85.8. The van der Waals surface area contributed by atoms with E-state index >= 15 is 0 Å². The van der Waals surface area contributed by atoms with Crippen LogP contribution in [0.5, 0.6) is 0 Å². The van der Waals surface area contributed by atoms with Crippen LogP contribution < -0.4 is 16.0 Å². The summed E-state index contributed by atoms with van der Waals surface area (Å²) < 4.78 is 10.5. The standard InChI is InChI=1S/C31H40N4O13/c1-14(2)24(34-21(37)12-35-22(38)9-10-23(35)39)30(44)32-15(3)29(43)33-19-7-5-18(13-47-16(4)36)17(11-19)6-8-20-25(40)26(41)27(42)28(48-20)31(45)46/h5,7,9-11,14-15,20,24-28,40-42H,6,8,12-13H2,1-4H3,(H,32,44)(H,33,43)(H,34,37)(H,45,46)/t15-,20-,24-,25-,26+,27-,28-/m0/s1. The van der Waals surface area contributed by atoms with Gasteiger partial charge in [0.15, 0.2) is 6.10 Å². The number of esters is 1. The van der Waals surface area contributed by atoms with Crippen molar-refractivity contribution in [2.45, 2.75) is 89.7 Å². The Labute approximate surface area is 275 Å². The minimum absolute atomic E-state index is 0.0233. The molecule has 2 aliphatic rings. The summed E-state index contributed by atoms with van der Waals surface area (Å²) >= 11 is 0. The lowest BCUT2D eigenvalue weighted by Crippen LogP contribution is -2.59. The van der Waals surface area contributed by atoms with E-state index in [1.54, 1.807) is 26.0 Å². The summed E-state index contributed by atoms with van der Waals surface area (Å²) in [6.07, 6.45) is -6.02. The third-order valence-corrected chi connectivity index (χ3v) is 7.78. The van der Waals surface area contributed by atoms with Gasteiger partial charge in [-0.15, -0.1) is 0 Å². The van der Waals surface area contributed by atoms with Crippen molar-refractivity contribution in [1.29, 1.82) is 0 Å². The van der Waals surface area contributed by atoms with Crippen LogP contribution in [0.25, 0.3) is 0 Å². The predicted octanol–water partition coefficient (Wildman–Crippen LogP) is -1.87. The molecule has 48 heavy (non-hydrogen) atoms. The molecule has 1 aromatic carbocycles. The molecule has 5 amide bonds. The Balaban J connectivity index is 1.67. The number of aryl methyl sites for hydroxylation is 1. The smallest absolute Gasteiger partial charge is 0.335 e. The van der Waals surface area contributed by atoms with E-state index in [1.807, 2.05) is 0 Å². The third-order valence-electron chi connectivity index (χ3n) is 7.78. The maximum absolute atomic E-state index is 13.1. The van der Waals surface area contributed by atoms with E-state index in [-0.39, 0.29) is 25.1 Å². The summed E-state index contributed by atoms with van der Waals surface area (Å²) in [5.41, 5.74) is 1.31. The topological polar surface area (TPSA) is 258 Å². The van der Waals surface area contributed by atoms with Gasteiger partial charge in [-0.3, -0.25) is 33.7 Å². The predicted molar refractivity (Wildman–Crippen MR) is 163 cm³/mol. The minimum Gasteiger partial charge on any atom is -0.479 e. The average Bonchev–Trinajstić information content (AvgIpc) is 3.33. The lowest BCUT2D eigenvalue weighted by atomic mass is 9.91. The van der Waals surface area contributed by atoms with Crippen molar-refractivity contribution < 1.29 is 63.5 Å². The number of anilines is 1. The van der Waals surface area contributed by atoms with Crippen LogP contribution in [0.4, 0.5) is 5.69 Å². The van der Waals surface area contributed by atoms with Crippen molar-refractivity contribution in [3.05, 3.63) is 41.5 Å². The molecule has 17 nitrogen and oxygen atoms in total. The van der Waals surface area contributed by atoms with Crippen molar-refractivity contribution in [1.82, 2.24) is 15.5 Å². The number of carbonyl (C=O) groups excluding carboxylic acids is 6. The highest BCUT2D eigenvalue weighted by Gasteiger charge is 2.46. The molecule has 0 aliphatic carbocycles. The fourth-order valence-electron chi connectivity index (χ4n) is 5.05. The fraction of sp³-hybridized carbons (Fsp3) is 0.516. The second-order valence-corrected chi connectivity index (χ2v) is 11.8. The Morgan fingerprint density at radius 2 is 1.56 bits per heavy atom. The second kappa shape index (κ2) is 16.4. The van der Waals surface area contributed by atoms with Gasteiger partial charge in [0.05, 0.1) is 6.10 Å². The van der Waals surface area contributed by atoms with E-state index in [1.165, 1.54) is 19.9 Å². The number of aliphatic hydroxyl groups is 3. The van der Waals surface area contributed by atoms with Crippen LogP contribution in [0.15, 0.2) is 30.4 Å². The maximum atomic E-state index is 13.1. The van der Waals surface area contributed by atoms with Gasteiger partial charge in [0.25, 0.3) is 11.8 Å². The van der Waals surface area contributed by atoms with Crippen LogP contribution in [-0.2, 0) is 56.1 Å². The first kappa shape index (κ1) is 37.7. The summed E-state index contributed by atoms with van der Waals surface area (Å²) in [5.74, 6) is -5.88. The first-order valence-corrected chi connectivity index (χ1v) is 15.1. The van der Waals surface area contributed by atoms with Crippen molar-refractivity contribution >= 4 is 47.2 Å². The number of ether oxygens (including phenoxy) is 2. The van der Waals surface area contributed by atoms with Crippen LogP contribution in [0.3, 0.4) is 0 Å². The van der Waals surface area contributed by atoms with Gasteiger partial charge in [-0.05, 0) is 48.9 Å². The van der Waals surface area contributed by atoms with Gasteiger partial charge in [-0.25, -0.2) is 4.79 Å². The van der Waals surface area contributed by atoms with Crippen LogP contribution in [0, 0.1) is 5.92 Å². The third kappa shape index (κ3) is 9.66. The number of rotatable bonds is 14. The zero-order valence-corrected chi connectivity index (χ0v) is 26.7. The molecule has 2 heterocycles. The molecule has 7 N–H and O–H groups in total. The molecule has 3 rings (SSSR count). The van der Waals surface area contributed by atoms with Gasteiger partial charge in [0.2, 0.25) is 17.7 Å². The lowest BCUT2D eigenvalue weighted by Gasteiger charge is -2.39. The number of benzene rings is 1. The van der Waals surface area contributed by atoms with Crippen molar-refractivity contribution in [3.8, 4) is 0 Å². The quantitative estimate of drug-likeness (QED) is 0.0843. The summed E-state index contributed by atoms with van der Waals surface area (Å²) in [6.45, 7) is 5.22. The Morgan fingerprint density at radius 1 is 0.917 bits per heavy atom. The molecule has 0 spiro atoms. The van der Waals surface area contributed by atoms with Gasteiger partial charge in [0, 0.05) is 24.8 Å². The number of aliphatic hydroxyl groups excluding tert-OH is 3. The molecule has 7 atom stereocenters. The number of aliphatic carboxylic acids is 1. The zero-order chi connectivity index (χ0) is 35.9. The normalized spacial score (nSPS) is 23.4. The van der Waals surface area contributed by atoms with Crippen LogP contribution in [-0.4, -0.2) is 116 Å². The molecule has 0 aromatic heterocycles. The first-order chi connectivity index (χ1) is 22.5. The highest BCUT2D eigenvalue weighted by atomic mass is 16.6. The first-order valence-electron chi connectivity index (χ1n) is 15.1. The Kier molecular flexibility index (Phi) is 12.9. The number of nitrogens with one attached hydrogen (secondary N) is 3. The molecule has 1 fully saturated rings. The van der Waals surface area contributed by atoms with Gasteiger partial charge >= 0.3 is 11.9 Å². The number of carbonyl (C=O) groups is 7. The van der Waals surface area contributed by atoms with E-state index < -0.39 is 96.5 Å². The molecule has 0 bridgehead atoms. The summed E-state index contributed by atoms with van der Waals surface area (Å²) in [6, 6.07) is 2.45. The lowest BCUT2D eigenvalue weighted by molar-refractivity contribution is -0.228. The summed E-state index contributed by atoms with van der Waals surface area (Å²) in [7, 11) is 0. The van der Waals surface area contributed by atoms with E-state index in [2.05, 4.69) is 16.0 Å². The highest BCUT2D eigenvalue weighted by molar-refractivity contribution is 6.14. The Morgan fingerprint density at radius 3 is 2.15 bits per heavy atom. The Bertz CT molecular complexity index is 1440. The second-order valence-electron chi connectivity index (χ2n) is 11.8. The number of hydrogen-bond acceptors (Lipinski definition) is 12. The zero-order valence-electron chi connectivity index (χ0n) is 26.7. The highest BCUT2D eigenvalue weighted by Crippen LogP contribution is 2.27. The summed E-state index contributed by atoms with van der Waals surface area (Å²) in [5, 5.41) is 47.5. The molecule has 1 aromatic rings. The molecule has 0 radical (unpaired) electrons. The maximum Gasteiger partial charge on any atom is 0.335 e. The van der Waals surface area contributed by atoms with Crippen molar-refractivity contribution in [3.63, 3.8) is 0 Å². The molecule has 17 heteroatoms. The van der Waals surface area contributed by atoms with Crippen molar-refractivity contribution in [2.24, 2.45) is 5.92 Å². The number of imide groups is 1. The van der Waals surface area contributed by atoms with Gasteiger partial charge in [0.1, 0.15) is 43.5 Å². The van der Waals surface area contributed by atoms with E-state index in [4.69, 9.17) is 9.47 Å². The molecule has 1 saturated heterocycles. The van der Waals surface area contributed by atoms with Crippen LogP contribution >= 0.6 is 0 Å². The minimum atomic E-state index is -1.84. The monoisotopic (exact) mass is 676 g/mol. The van der Waals surface area contributed by atoms with Crippen LogP contribution in [0.2, 0.25) is 0 Å². The van der Waals surface area contributed by atoms with E-state index in [0.29, 0.717) is 11.1 Å². The fourth-order valence-corrected chi connectivity index (χ4v) is 5.05.